The third kappa shape index (κ3) is 3.20. The summed E-state index contributed by atoms with van der Waals surface area (Å²) in [5.41, 5.74) is 0.650. The number of aromatic amines is 1. The van der Waals surface area contributed by atoms with E-state index in [0.29, 0.717) is 11.0 Å². The van der Waals surface area contributed by atoms with Crippen molar-refractivity contribution in [3.8, 4) is 0 Å². The fraction of sp³-hybridized carbons (Fsp3) is 0.647. The number of H-pyrrole nitrogens is 1. The Morgan fingerprint density at radius 3 is 2.52 bits per heavy atom. The van der Waals surface area contributed by atoms with Gasteiger partial charge in [0.2, 0.25) is 5.56 Å². The van der Waals surface area contributed by atoms with Gasteiger partial charge in [-0.05, 0) is 37.2 Å². The summed E-state index contributed by atoms with van der Waals surface area (Å²) in [6.07, 6.45) is 11.7. The molecule has 2 heterocycles. The van der Waals surface area contributed by atoms with E-state index >= 15 is 0 Å². The fourth-order valence-corrected chi connectivity index (χ4v) is 4.03. The number of likely N-dealkylation sites (tertiary alicyclic amines) is 1. The summed E-state index contributed by atoms with van der Waals surface area (Å²) in [5.74, 6) is 0.0180. The van der Waals surface area contributed by atoms with E-state index in [1.807, 2.05) is 4.90 Å². The second-order valence-corrected chi connectivity index (χ2v) is 6.69. The van der Waals surface area contributed by atoms with E-state index in [1.54, 1.807) is 12.3 Å². The Labute approximate surface area is 125 Å². The highest BCUT2D eigenvalue weighted by molar-refractivity contribution is 5.94. The Morgan fingerprint density at radius 1 is 1.10 bits per heavy atom. The molecule has 1 aromatic heterocycles. The van der Waals surface area contributed by atoms with Crippen molar-refractivity contribution >= 4 is 5.91 Å². The average molecular weight is 288 g/mol. The molecule has 3 rings (SSSR count). The summed E-state index contributed by atoms with van der Waals surface area (Å²) in [5, 5.41) is 0. The molecule has 1 aromatic rings. The number of nitrogens with one attached hydrogen (secondary N) is 1. The van der Waals surface area contributed by atoms with Crippen molar-refractivity contribution in [2.45, 2.75) is 51.4 Å². The van der Waals surface area contributed by atoms with Gasteiger partial charge in [0.05, 0.1) is 0 Å². The molecule has 0 atom stereocenters. The van der Waals surface area contributed by atoms with Crippen molar-refractivity contribution in [2.75, 3.05) is 13.1 Å². The monoisotopic (exact) mass is 288 g/mol. The maximum atomic E-state index is 12.6. The number of hydrogen-bond acceptors (Lipinski definition) is 2. The Balaban J connectivity index is 1.76. The van der Waals surface area contributed by atoms with Gasteiger partial charge in [0, 0.05) is 30.9 Å². The molecule has 1 saturated carbocycles. The molecule has 4 nitrogen and oxygen atoms in total. The van der Waals surface area contributed by atoms with Crippen LogP contribution in [0.5, 0.6) is 0 Å². The van der Waals surface area contributed by atoms with E-state index in [4.69, 9.17) is 0 Å². The van der Waals surface area contributed by atoms with Crippen molar-refractivity contribution in [1.82, 2.24) is 9.88 Å². The van der Waals surface area contributed by atoms with Gasteiger partial charge in [-0.15, -0.1) is 0 Å². The number of piperidine rings is 1. The molecular formula is C17H24N2O2. The number of carbonyl (C=O) groups excluding carboxylic acids is 1. The average Bonchev–Trinajstić information content (AvgIpc) is 2.72. The van der Waals surface area contributed by atoms with Gasteiger partial charge in [-0.3, -0.25) is 9.59 Å². The third-order valence-electron chi connectivity index (χ3n) is 5.13. The zero-order valence-corrected chi connectivity index (χ0v) is 12.6. The Morgan fingerprint density at radius 2 is 1.81 bits per heavy atom. The van der Waals surface area contributed by atoms with Crippen LogP contribution in [0.3, 0.4) is 0 Å². The lowest BCUT2D eigenvalue weighted by Gasteiger charge is -2.42. The van der Waals surface area contributed by atoms with Crippen LogP contribution in [-0.4, -0.2) is 28.9 Å². The van der Waals surface area contributed by atoms with E-state index < -0.39 is 0 Å². The molecular weight excluding hydrogens is 264 g/mol. The van der Waals surface area contributed by atoms with Crippen LogP contribution in [0, 0.1) is 5.41 Å². The molecule has 114 valence electrons. The molecule has 1 aliphatic heterocycles. The van der Waals surface area contributed by atoms with Crippen LogP contribution in [0.2, 0.25) is 0 Å². The summed E-state index contributed by atoms with van der Waals surface area (Å²) in [7, 11) is 0. The van der Waals surface area contributed by atoms with Crippen molar-refractivity contribution in [3.63, 3.8) is 0 Å². The van der Waals surface area contributed by atoms with Crippen molar-refractivity contribution in [1.29, 1.82) is 0 Å². The highest BCUT2D eigenvalue weighted by Gasteiger charge is 2.37. The SMILES string of the molecule is O=C(c1cc[nH]c(=O)c1)N1CCCC2(CCCCCC2)C1. The van der Waals surface area contributed by atoms with E-state index in [2.05, 4.69) is 4.98 Å². The largest absolute Gasteiger partial charge is 0.338 e. The van der Waals surface area contributed by atoms with Gasteiger partial charge in [-0.1, -0.05) is 25.7 Å². The third-order valence-corrected chi connectivity index (χ3v) is 5.13. The number of nitrogens with zero attached hydrogens (tertiary/aromatic N) is 1. The molecule has 0 aromatic carbocycles. The number of hydrogen-bond donors (Lipinski definition) is 1. The Kier molecular flexibility index (Phi) is 4.13. The topological polar surface area (TPSA) is 53.2 Å². The molecule has 4 heteroatoms. The molecule has 0 unspecified atom stereocenters. The first kappa shape index (κ1) is 14.4. The van der Waals surface area contributed by atoms with E-state index in [-0.39, 0.29) is 11.5 Å². The van der Waals surface area contributed by atoms with Crippen LogP contribution in [0.25, 0.3) is 0 Å². The first-order valence-electron chi connectivity index (χ1n) is 8.17. The van der Waals surface area contributed by atoms with Crippen molar-refractivity contribution < 1.29 is 4.79 Å². The molecule has 2 aliphatic rings. The maximum absolute atomic E-state index is 12.6. The van der Waals surface area contributed by atoms with Crippen LogP contribution in [-0.2, 0) is 0 Å². The lowest BCUT2D eigenvalue weighted by atomic mass is 9.74. The summed E-state index contributed by atoms with van der Waals surface area (Å²) in [6.45, 7) is 1.70. The molecule has 1 amide bonds. The van der Waals surface area contributed by atoms with Gasteiger partial charge < -0.3 is 9.88 Å². The first-order valence-corrected chi connectivity index (χ1v) is 8.17. The lowest BCUT2D eigenvalue weighted by molar-refractivity contribution is 0.0465. The van der Waals surface area contributed by atoms with Crippen LogP contribution >= 0.6 is 0 Å². The van der Waals surface area contributed by atoms with E-state index in [9.17, 15) is 9.59 Å². The molecule has 1 spiro atoms. The Hall–Kier alpha value is -1.58. The second-order valence-electron chi connectivity index (χ2n) is 6.69. The molecule has 0 radical (unpaired) electrons. The smallest absolute Gasteiger partial charge is 0.254 e. The molecule has 2 fully saturated rings. The van der Waals surface area contributed by atoms with E-state index in [1.165, 1.54) is 51.0 Å². The van der Waals surface area contributed by atoms with Crippen LogP contribution in [0.15, 0.2) is 23.1 Å². The predicted octanol–water partition coefficient (Wildman–Crippen LogP) is 2.95. The molecule has 21 heavy (non-hydrogen) atoms. The number of pyridine rings is 1. The summed E-state index contributed by atoms with van der Waals surface area (Å²) >= 11 is 0. The standard InChI is InChI=1S/C17H24N2O2/c20-15-12-14(6-10-18-15)16(21)19-11-5-9-17(13-19)7-3-1-2-4-8-17/h6,10,12H,1-5,7-9,11,13H2,(H,18,20). The molecule has 1 aliphatic carbocycles. The van der Waals surface area contributed by atoms with Gasteiger partial charge in [-0.25, -0.2) is 0 Å². The van der Waals surface area contributed by atoms with Crippen LogP contribution in [0.1, 0.15) is 61.7 Å². The van der Waals surface area contributed by atoms with Crippen LogP contribution < -0.4 is 5.56 Å². The molecule has 1 saturated heterocycles. The second kappa shape index (κ2) is 6.04. The quantitative estimate of drug-likeness (QED) is 0.863. The van der Waals surface area contributed by atoms with Crippen molar-refractivity contribution in [2.24, 2.45) is 5.41 Å². The summed E-state index contributed by atoms with van der Waals surface area (Å²) in [6, 6.07) is 3.12. The number of amides is 1. The summed E-state index contributed by atoms with van der Waals surface area (Å²) in [4.78, 5) is 28.6. The highest BCUT2D eigenvalue weighted by Crippen LogP contribution is 2.42. The number of carbonyl (C=O) groups is 1. The fourth-order valence-electron chi connectivity index (χ4n) is 4.03. The van der Waals surface area contributed by atoms with Gasteiger partial charge in [0.15, 0.2) is 0 Å². The number of aromatic nitrogens is 1. The summed E-state index contributed by atoms with van der Waals surface area (Å²) < 4.78 is 0. The Bertz CT molecular complexity index is 556. The van der Waals surface area contributed by atoms with Gasteiger partial charge in [0.25, 0.3) is 5.91 Å². The minimum Gasteiger partial charge on any atom is -0.338 e. The lowest BCUT2D eigenvalue weighted by Crippen LogP contribution is -2.46. The highest BCUT2D eigenvalue weighted by atomic mass is 16.2. The molecule has 0 bridgehead atoms. The minimum atomic E-state index is -0.206. The van der Waals surface area contributed by atoms with E-state index in [0.717, 1.165) is 19.5 Å². The predicted molar refractivity (Wildman–Crippen MR) is 82.3 cm³/mol. The van der Waals surface area contributed by atoms with Gasteiger partial charge >= 0.3 is 0 Å². The maximum Gasteiger partial charge on any atom is 0.254 e. The first-order chi connectivity index (χ1) is 10.2. The minimum absolute atomic E-state index is 0.0180. The van der Waals surface area contributed by atoms with Crippen molar-refractivity contribution in [3.05, 3.63) is 34.2 Å². The van der Waals surface area contributed by atoms with Gasteiger partial charge in [-0.2, -0.15) is 0 Å². The normalized spacial score (nSPS) is 22.0. The number of rotatable bonds is 1. The van der Waals surface area contributed by atoms with Crippen LogP contribution in [0.4, 0.5) is 0 Å². The zero-order valence-electron chi connectivity index (χ0n) is 12.6. The zero-order chi connectivity index (χ0) is 14.7. The van der Waals surface area contributed by atoms with Gasteiger partial charge in [0.1, 0.15) is 0 Å². The molecule has 1 N–H and O–H groups in total.